The van der Waals surface area contributed by atoms with E-state index in [9.17, 15) is 9.59 Å². The lowest BCUT2D eigenvalue weighted by molar-refractivity contribution is -0.133. The zero-order valence-corrected chi connectivity index (χ0v) is 17.0. The Morgan fingerprint density at radius 1 is 1.21 bits per heavy atom. The molecule has 1 atom stereocenters. The van der Waals surface area contributed by atoms with Crippen LogP contribution in [-0.2, 0) is 22.6 Å². The van der Waals surface area contributed by atoms with Crippen LogP contribution in [0.3, 0.4) is 0 Å². The second-order valence-corrected chi connectivity index (χ2v) is 7.96. The van der Waals surface area contributed by atoms with Gasteiger partial charge in [0.25, 0.3) is 0 Å². The molecule has 1 unspecified atom stereocenters. The van der Waals surface area contributed by atoms with Crippen molar-refractivity contribution in [2.45, 2.75) is 32.4 Å². The minimum absolute atomic E-state index is 0.000723. The van der Waals surface area contributed by atoms with Crippen molar-refractivity contribution in [2.75, 3.05) is 6.54 Å². The molecule has 29 heavy (non-hydrogen) atoms. The fourth-order valence-corrected chi connectivity index (χ4v) is 4.46. The lowest BCUT2D eigenvalue weighted by Gasteiger charge is -2.36. The van der Waals surface area contributed by atoms with Gasteiger partial charge in [0, 0.05) is 36.8 Å². The third-order valence-electron chi connectivity index (χ3n) is 5.16. The number of hydrogen-bond donors (Lipinski definition) is 1. The molecule has 0 spiro atoms. The van der Waals surface area contributed by atoms with Crippen LogP contribution < -0.4 is 5.32 Å². The van der Waals surface area contributed by atoms with E-state index in [2.05, 4.69) is 21.4 Å². The number of nitrogens with zero attached hydrogens (tertiary/aromatic N) is 3. The summed E-state index contributed by atoms with van der Waals surface area (Å²) in [5, 5.41) is 5.78. The van der Waals surface area contributed by atoms with Crippen molar-refractivity contribution < 1.29 is 9.59 Å². The number of fused-ring (bicyclic) bond motifs is 1. The van der Waals surface area contributed by atoms with E-state index in [1.807, 2.05) is 35.7 Å². The predicted molar refractivity (Wildman–Crippen MR) is 112 cm³/mol. The summed E-state index contributed by atoms with van der Waals surface area (Å²) in [7, 11) is 0. The first-order chi connectivity index (χ1) is 14.1. The molecule has 0 aliphatic carbocycles. The van der Waals surface area contributed by atoms with Gasteiger partial charge in [-0.1, -0.05) is 24.3 Å². The average Bonchev–Trinajstić information content (AvgIpc) is 3.22. The number of rotatable bonds is 5. The van der Waals surface area contributed by atoms with Gasteiger partial charge in [-0.05, 0) is 29.7 Å². The van der Waals surface area contributed by atoms with Crippen LogP contribution in [0.15, 0.2) is 54.2 Å². The molecule has 1 aliphatic heterocycles. The van der Waals surface area contributed by atoms with Gasteiger partial charge < -0.3 is 10.2 Å². The Bertz CT molecular complexity index is 1020. The van der Waals surface area contributed by atoms with Gasteiger partial charge in [0.15, 0.2) is 0 Å². The van der Waals surface area contributed by atoms with Crippen molar-refractivity contribution in [2.24, 2.45) is 0 Å². The van der Waals surface area contributed by atoms with Gasteiger partial charge in [-0.2, -0.15) is 0 Å². The highest BCUT2D eigenvalue weighted by Crippen LogP contribution is 2.32. The molecule has 0 fully saturated rings. The van der Waals surface area contributed by atoms with E-state index < -0.39 is 0 Å². The van der Waals surface area contributed by atoms with E-state index >= 15 is 0 Å². The predicted octanol–water partition coefficient (Wildman–Crippen LogP) is 3.36. The van der Waals surface area contributed by atoms with Gasteiger partial charge in [-0.15, -0.1) is 11.3 Å². The summed E-state index contributed by atoms with van der Waals surface area (Å²) in [6, 6.07) is 11.7. The molecule has 6 nitrogen and oxygen atoms in total. The summed E-state index contributed by atoms with van der Waals surface area (Å²) in [5.74, 6) is -0.0853. The SMILES string of the molecule is CC(=O)N1CCc2ccccc2C1CC(=O)NCc1nc(-c2ccncc2)cs1. The molecule has 148 valence electrons. The summed E-state index contributed by atoms with van der Waals surface area (Å²) < 4.78 is 0. The molecule has 1 aromatic carbocycles. The molecule has 0 radical (unpaired) electrons. The first-order valence-electron chi connectivity index (χ1n) is 9.58. The first-order valence-corrected chi connectivity index (χ1v) is 10.5. The van der Waals surface area contributed by atoms with Crippen molar-refractivity contribution in [1.82, 2.24) is 20.2 Å². The smallest absolute Gasteiger partial charge is 0.222 e. The third kappa shape index (κ3) is 4.35. The molecular formula is C22H22N4O2S. The molecule has 0 saturated carbocycles. The fraction of sp³-hybridized carbons (Fsp3) is 0.273. The Morgan fingerprint density at radius 2 is 2.00 bits per heavy atom. The maximum absolute atomic E-state index is 12.7. The van der Waals surface area contributed by atoms with Crippen LogP contribution in [0.2, 0.25) is 0 Å². The highest BCUT2D eigenvalue weighted by Gasteiger charge is 2.30. The van der Waals surface area contributed by atoms with Gasteiger partial charge in [0.05, 0.1) is 24.7 Å². The minimum atomic E-state index is -0.221. The van der Waals surface area contributed by atoms with Gasteiger partial charge in [0.2, 0.25) is 11.8 Å². The lowest BCUT2D eigenvalue weighted by atomic mass is 9.90. The topological polar surface area (TPSA) is 75.2 Å². The Kier molecular flexibility index (Phi) is 5.67. The van der Waals surface area contributed by atoms with Crippen molar-refractivity contribution in [3.05, 3.63) is 70.3 Å². The summed E-state index contributed by atoms with van der Waals surface area (Å²) in [6.45, 7) is 2.59. The van der Waals surface area contributed by atoms with Crippen molar-refractivity contribution in [3.63, 3.8) is 0 Å². The first kappa shape index (κ1) is 19.3. The summed E-state index contributed by atoms with van der Waals surface area (Å²) in [4.78, 5) is 35.2. The molecule has 3 heterocycles. The van der Waals surface area contributed by atoms with E-state index in [4.69, 9.17) is 0 Å². The molecule has 1 N–H and O–H groups in total. The van der Waals surface area contributed by atoms with E-state index in [0.29, 0.717) is 13.1 Å². The van der Waals surface area contributed by atoms with Crippen LogP contribution >= 0.6 is 11.3 Å². The maximum atomic E-state index is 12.7. The lowest BCUT2D eigenvalue weighted by Crippen LogP contribution is -2.41. The second kappa shape index (κ2) is 8.53. The molecule has 2 aromatic heterocycles. The van der Waals surface area contributed by atoms with Crippen LogP contribution in [0, 0.1) is 0 Å². The molecule has 0 bridgehead atoms. The Labute approximate surface area is 173 Å². The average molecular weight is 407 g/mol. The largest absolute Gasteiger partial charge is 0.350 e. The monoisotopic (exact) mass is 406 g/mol. The number of pyridine rings is 1. The van der Waals surface area contributed by atoms with Crippen LogP contribution in [0.1, 0.15) is 35.5 Å². The number of thiazole rings is 1. The standard InChI is InChI=1S/C22H22N4O2S/c1-15(27)26-11-8-16-4-2-3-5-18(16)20(26)12-21(28)24-13-22-25-19(14-29-22)17-6-9-23-10-7-17/h2-7,9-10,14,20H,8,11-13H2,1H3,(H,24,28). The van der Waals surface area contributed by atoms with Crippen LogP contribution in [0.25, 0.3) is 11.3 Å². The van der Waals surface area contributed by atoms with Crippen molar-refractivity contribution in [3.8, 4) is 11.3 Å². The highest BCUT2D eigenvalue weighted by atomic mass is 32.1. The zero-order valence-electron chi connectivity index (χ0n) is 16.2. The van der Waals surface area contributed by atoms with Crippen molar-refractivity contribution >= 4 is 23.2 Å². The highest BCUT2D eigenvalue weighted by molar-refractivity contribution is 7.09. The van der Waals surface area contributed by atoms with Crippen LogP contribution in [0.4, 0.5) is 0 Å². The molecule has 4 rings (SSSR count). The molecular weight excluding hydrogens is 384 g/mol. The number of nitrogens with one attached hydrogen (secondary N) is 1. The van der Waals surface area contributed by atoms with Gasteiger partial charge in [-0.3, -0.25) is 14.6 Å². The number of benzene rings is 1. The fourth-order valence-electron chi connectivity index (χ4n) is 3.72. The number of carbonyl (C=O) groups excluding carboxylic acids is 2. The second-order valence-electron chi connectivity index (χ2n) is 7.02. The molecule has 0 saturated heterocycles. The molecule has 3 aromatic rings. The van der Waals surface area contributed by atoms with Crippen molar-refractivity contribution in [1.29, 1.82) is 0 Å². The quantitative estimate of drug-likeness (QED) is 0.705. The Morgan fingerprint density at radius 3 is 2.79 bits per heavy atom. The number of amides is 2. The normalized spacial score (nSPS) is 15.6. The minimum Gasteiger partial charge on any atom is -0.350 e. The molecule has 2 amide bonds. The molecule has 7 heteroatoms. The Hall–Kier alpha value is -3.06. The van der Waals surface area contributed by atoms with E-state index in [1.165, 1.54) is 16.9 Å². The summed E-state index contributed by atoms with van der Waals surface area (Å²) in [5.41, 5.74) is 4.17. The van der Waals surface area contributed by atoms with Gasteiger partial charge >= 0.3 is 0 Å². The van der Waals surface area contributed by atoms with E-state index in [-0.39, 0.29) is 24.3 Å². The number of carbonyl (C=O) groups is 2. The number of hydrogen-bond acceptors (Lipinski definition) is 5. The van der Waals surface area contributed by atoms with Gasteiger partial charge in [0.1, 0.15) is 5.01 Å². The van der Waals surface area contributed by atoms with Gasteiger partial charge in [-0.25, -0.2) is 4.98 Å². The zero-order chi connectivity index (χ0) is 20.2. The maximum Gasteiger partial charge on any atom is 0.222 e. The third-order valence-corrected chi connectivity index (χ3v) is 6.01. The Balaban J connectivity index is 1.41. The van der Waals surface area contributed by atoms with Crippen LogP contribution in [-0.4, -0.2) is 33.2 Å². The van der Waals surface area contributed by atoms with E-state index in [1.54, 1.807) is 24.2 Å². The summed E-state index contributed by atoms with van der Waals surface area (Å²) in [6.07, 6.45) is 4.54. The molecule has 1 aliphatic rings. The van der Waals surface area contributed by atoms with E-state index in [0.717, 1.165) is 28.2 Å². The van der Waals surface area contributed by atoms with Crippen LogP contribution in [0.5, 0.6) is 0 Å². The summed E-state index contributed by atoms with van der Waals surface area (Å²) >= 11 is 1.52. The number of aromatic nitrogens is 2.